The molecular formula is C94H181NO18. The minimum atomic E-state index is -1.98. The van der Waals surface area contributed by atoms with Crippen LogP contribution in [0.1, 0.15) is 450 Å². The van der Waals surface area contributed by atoms with E-state index in [0.717, 1.165) is 44.9 Å². The Bertz CT molecular complexity index is 2080. The SMILES string of the molecule is CCCCCCCCCCCCCCCCCCCCCCCCCCCC/C=C/C(O)C(COC1OC(CO)C(OC2OC(CO)C(OC3OC(CO)C(O)C(O)C3O)C(O)C2O)C(O)C1O)NC(=O)CCCCCCCCCCCCCCCCCCCCCCCCCCCCCCCCCCCCCCCCCC. The van der Waals surface area contributed by atoms with Crippen LogP contribution in [0.3, 0.4) is 0 Å². The van der Waals surface area contributed by atoms with Crippen LogP contribution in [0.4, 0.5) is 0 Å². The number of allylic oxidation sites excluding steroid dienone is 1. The van der Waals surface area contributed by atoms with Gasteiger partial charge in [0.15, 0.2) is 18.9 Å². The van der Waals surface area contributed by atoms with E-state index in [-0.39, 0.29) is 18.9 Å². The molecule has 17 atom stereocenters. The van der Waals surface area contributed by atoms with Gasteiger partial charge in [0.2, 0.25) is 5.91 Å². The first-order valence-electron chi connectivity index (χ1n) is 48.4. The Morgan fingerprint density at radius 1 is 0.310 bits per heavy atom. The number of aliphatic hydroxyl groups excluding tert-OH is 11. The molecule has 0 bridgehead atoms. The van der Waals surface area contributed by atoms with Crippen LogP contribution in [-0.4, -0.2) is 193 Å². The van der Waals surface area contributed by atoms with Gasteiger partial charge in [-0.15, -0.1) is 0 Å². The summed E-state index contributed by atoms with van der Waals surface area (Å²) in [5, 5.41) is 121. The van der Waals surface area contributed by atoms with Crippen molar-refractivity contribution >= 4 is 5.91 Å². The zero-order valence-electron chi connectivity index (χ0n) is 72.7. The van der Waals surface area contributed by atoms with E-state index in [0.29, 0.717) is 6.42 Å². The van der Waals surface area contributed by atoms with Crippen molar-refractivity contribution in [2.45, 2.75) is 555 Å². The molecule has 3 saturated heterocycles. The fraction of sp³-hybridized carbons (Fsp3) is 0.968. The molecule has 0 aromatic carbocycles. The summed E-state index contributed by atoms with van der Waals surface area (Å²) >= 11 is 0. The molecule has 3 fully saturated rings. The third-order valence-corrected chi connectivity index (χ3v) is 24.6. The van der Waals surface area contributed by atoms with Gasteiger partial charge in [0.25, 0.3) is 0 Å². The van der Waals surface area contributed by atoms with Crippen LogP contribution in [0.25, 0.3) is 0 Å². The number of hydrogen-bond acceptors (Lipinski definition) is 18. The molecule has 113 heavy (non-hydrogen) atoms. The highest BCUT2D eigenvalue weighted by atomic mass is 16.8. The van der Waals surface area contributed by atoms with Crippen LogP contribution in [0.15, 0.2) is 12.2 Å². The molecule has 0 aromatic heterocycles. The molecule has 17 unspecified atom stereocenters. The minimum absolute atomic E-state index is 0.251. The number of carbonyl (C=O) groups excluding carboxylic acids is 1. The molecule has 0 radical (unpaired) electrons. The van der Waals surface area contributed by atoms with Gasteiger partial charge in [0.1, 0.15) is 73.2 Å². The van der Waals surface area contributed by atoms with Crippen molar-refractivity contribution in [3.8, 4) is 0 Å². The van der Waals surface area contributed by atoms with Gasteiger partial charge in [0.05, 0.1) is 38.6 Å². The molecule has 3 heterocycles. The second-order valence-electron chi connectivity index (χ2n) is 34.9. The van der Waals surface area contributed by atoms with Gasteiger partial charge in [0, 0.05) is 6.42 Å². The Morgan fingerprint density at radius 2 is 0.549 bits per heavy atom. The predicted molar refractivity (Wildman–Crippen MR) is 457 cm³/mol. The molecule has 0 saturated carbocycles. The average molecular weight is 1610 g/mol. The number of nitrogens with one attached hydrogen (secondary N) is 1. The van der Waals surface area contributed by atoms with Crippen LogP contribution in [0.5, 0.6) is 0 Å². The average Bonchev–Trinajstić information content (AvgIpc) is 0.778. The summed E-state index contributed by atoms with van der Waals surface area (Å²) in [5.41, 5.74) is 0. The van der Waals surface area contributed by atoms with Gasteiger partial charge in [-0.3, -0.25) is 4.79 Å². The Labute approximate surface area is 690 Å². The van der Waals surface area contributed by atoms with Gasteiger partial charge in [-0.05, 0) is 19.3 Å². The van der Waals surface area contributed by atoms with Crippen molar-refractivity contribution in [1.29, 1.82) is 0 Å². The van der Waals surface area contributed by atoms with Crippen molar-refractivity contribution in [3.63, 3.8) is 0 Å². The second-order valence-corrected chi connectivity index (χ2v) is 34.9. The largest absolute Gasteiger partial charge is 0.394 e. The summed E-state index contributed by atoms with van der Waals surface area (Å²) in [6.45, 7) is 1.83. The Balaban J connectivity index is 1.28. The minimum Gasteiger partial charge on any atom is -0.394 e. The summed E-state index contributed by atoms with van der Waals surface area (Å²) in [6, 6.07) is -0.972. The van der Waals surface area contributed by atoms with E-state index in [9.17, 15) is 61.0 Å². The van der Waals surface area contributed by atoms with Crippen molar-refractivity contribution in [2.75, 3.05) is 26.4 Å². The Kier molecular flexibility index (Phi) is 69.6. The Hall–Kier alpha value is -1.47. The lowest BCUT2D eigenvalue weighted by atomic mass is 9.96. The quantitative estimate of drug-likeness (QED) is 0.0199. The molecule has 3 rings (SSSR count). The fourth-order valence-electron chi connectivity index (χ4n) is 16.9. The lowest BCUT2D eigenvalue weighted by Gasteiger charge is -2.48. The number of ether oxygens (including phenoxy) is 6. The number of unbranched alkanes of at least 4 members (excludes halogenated alkanes) is 65. The summed E-state index contributed by atoms with van der Waals surface area (Å²) in [6.07, 6.45) is 66.8. The molecule has 0 aromatic rings. The van der Waals surface area contributed by atoms with Gasteiger partial charge < -0.3 is 89.9 Å². The van der Waals surface area contributed by atoms with E-state index in [1.165, 1.54) is 379 Å². The summed E-state index contributed by atoms with van der Waals surface area (Å²) < 4.78 is 34.6. The molecule has 19 nitrogen and oxygen atoms in total. The van der Waals surface area contributed by atoms with Crippen molar-refractivity contribution < 1.29 is 89.4 Å². The van der Waals surface area contributed by atoms with Crippen LogP contribution in [-0.2, 0) is 33.2 Å². The van der Waals surface area contributed by atoms with Crippen molar-refractivity contribution in [3.05, 3.63) is 12.2 Å². The lowest BCUT2D eigenvalue weighted by Crippen LogP contribution is -2.66. The number of aliphatic hydroxyl groups is 11. The first-order valence-corrected chi connectivity index (χ1v) is 48.4. The zero-order chi connectivity index (χ0) is 81.7. The molecule has 0 spiro atoms. The predicted octanol–water partition coefficient (Wildman–Crippen LogP) is 19.4. The first kappa shape index (κ1) is 106. The lowest BCUT2D eigenvalue weighted by molar-refractivity contribution is -0.379. The van der Waals surface area contributed by atoms with E-state index in [1.807, 2.05) is 6.08 Å². The third kappa shape index (κ3) is 52.5. The maximum atomic E-state index is 13.5. The van der Waals surface area contributed by atoms with Gasteiger partial charge in [-0.2, -0.15) is 0 Å². The van der Waals surface area contributed by atoms with Crippen molar-refractivity contribution in [1.82, 2.24) is 5.32 Å². The normalized spacial score (nSPS) is 24.8. The van der Waals surface area contributed by atoms with Gasteiger partial charge >= 0.3 is 0 Å². The number of hydrogen-bond donors (Lipinski definition) is 12. The van der Waals surface area contributed by atoms with Crippen LogP contribution in [0, 0.1) is 0 Å². The number of rotatable bonds is 81. The maximum absolute atomic E-state index is 13.5. The highest BCUT2D eigenvalue weighted by molar-refractivity contribution is 5.76. The first-order chi connectivity index (χ1) is 55.3. The zero-order valence-corrected chi connectivity index (χ0v) is 72.7. The van der Waals surface area contributed by atoms with E-state index >= 15 is 0 Å². The summed E-state index contributed by atoms with van der Waals surface area (Å²) in [4.78, 5) is 13.5. The standard InChI is InChI=1S/C94H181NO18/c1-3-5-7-9-11-13-15-17-19-21-23-25-27-29-31-33-34-35-36-37-38-39-40-41-42-43-44-46-48-50-52-54-56-58-60-62-64-66-68-70-72-82(100)95-77(78(99)71-69-67-65-63-61-59-57-55-53-51-49-47-45-32-30-28-26-24-22-20-18-16-14-12-10-8-6-4-2)76-108-92-88(106)85(103)90(80(74-97)110-92)113-94-89(107)86(104)91(81(75-98)111-94)112-93-87(105)84(102)83(101)79(73-96)109-93/h69,71,77-81,83-94,96-99,101-107H,3-68,70,72-76H2,1-2H3,(H,95,100)/b71-69+. The molecular weight excluding hydrogens is 1430 g/mol. The second kappa shape index (κ2) is 74.4. The van der Waals surface area contributed by atoms with E-state index in [1.54, 1.807) is 6.08 Å². The van der Waals surface area contributed by atoms with Gasteiger partial charge in [-0.25, -0.2) is 0 Å². The smallest absolute Gasteiger partial charge is 0.220 e. The number of amides is 1. The topological polar surface area (TPSA) is 307 Å². The highest BCUT2D eigenvalue weighted by Crippen LogP contribution is 2.34. The summed E-state index contributed by atoms with van der Waals surface area (Å²) in [7, 11) is 0. The molecule has 3 aliphatic rings. The number of carbonyl (C=O) groups is 1. The van der Waals surface area contributed by atoms with E-state index in [2.05, 4.69) is 19.2 Å². The van der Waals surface area contributed by atoms with E-state index in [4.69, 9.17) is 28.4 Å². The van der Waals surface area contributed by atoms with Crippen LogP contribution < -0.4 is 5.32 Å². The molecule has 1 amide bonds. The molecule has 670 valence electrons. The highest BCUT2D eigenvalue weighted by Gasteiger charge is 2.54. The summed E-state index contributed by atoms with van der Waals surface area (Å²) in [5.74, 6) is -0.264. The monoisotopic (exact) mass is 1610 g/mol. The van der Waals surface area contributed by atoms with Crippen LogP contribution >= 0.6 is 0 Å². The molecule has 12 N–H and O–H groups in total. The molecule has 0 aliphatic carbocycles. The Morgan fingerprint density at radius 3 is 0.832 bits per heavy atom. The third-order valence-electron chi connectivity index (χ3n) is 24.6. The van der Waals surface area contributed by atoms with Crippen molar-refractivity contribution in [2.24, 2.45) is 0 Å². The van der Waals surface area contributed by atoms with Crippen LogP contribution in [0.2, 0.25) is 0 Å². The maximum Gasteiger partial charge on any atom is 0.220 e. The molecule has 19 heteroatoms. The molecule has 3 aliphatic heterocycles. The van der Waals surface area contributed by atoms with E-state index < -0.39 is 124 Å². The van der Waals surface area contributed by atoms with Gasteiger partial charge in [-0.1, -0.05) is 437 Å². The fourth-order valence-corrected chi connectivity index (χ4v) is 16.9.